The molecule has 0 unspecified atom stereocenters. The van der Waals surface area contributed by atoms with Gasteiger partial charge in [0.1, 0.15) is 5.82 Å². The lowest BCUT2D eigenvalue weighted by atomic mass is 10.2. The Balaban J connectivity index is 2.16. The third-order valence-electron chi connectivity index (χ3n) is 3.44. The molecule has 2 aromatic rings. The highest BCUT2D eigenvalue weighted by atomic mass is 35.5. The minimum atomic E-state index is 0.0691. The Bertz CT molecular complexity index is 634. The fourth-order valence-corrected chi connectivity index (χ4v) is 2.58. The molecular formula is C16H22ClN3O. The number of para-hydroxylation sites is 1. The summed E-state index contributed by atoms with van der Waals surface area (Å²) in [5, 5.41) is 2.94. The maximum atomic E-state index is 11.9. The molecular weight excluding hydrogens is 286 g/mol. The molecule has 1 aromatic carbocycles. The third-order valence-corrected chi connectivity index (χ3v) is 3.68. The summed E-state index contributed by atoms with van der Waals surface area (Å²) in [6, 6.07) is 6.02. The number of imidazole rings is 1. The lowest BCUT2D eigenvalue weighted by Gasteiger charge is -2.11. The molecule has 0 bridgehead atoms. The van der Waals surface area contributed by atoms with Crippen molar-refractivity contribution in [1.82, 2.24) is 14.9 Å². The second kappa shape index (κ2) is 6.94. The van der Waals surface area contributed by atoms with Gasteiger partial charge in [-0.05, 0) is 24.5 Å². The van der Waals surface area contributed by atoms with E-state index in [0.717, 1.165) is 22.4 Å². The Hall–Kier alpha value is -1.55. The zero-order chi connectivity index (χ0) is 15.4. The first kappa shape index (κ1) is 15.8. The van der Waals surface area contributed by atoms with E-state index in [2.05, 4.69) is 41.7 Å². The number of carbonyl (C=O) groups excluding carboxylic acids is 1. The number of aromatic nitrogens is 2. The molecule has 5 heteroatoms. The maximum Gasteiger partial charge on any atom is 0.221 e. The molecule has 114 valence electrons. The number of aryl methyl sites for hydroxylation is 2. The third kappa shape index (κ3) is 3.76. The minimum Gasteiger partial charge on any atom is -0.356 e. The number of benzene rings is 1. The number of nitrogens with one attached hydrogen (secondary N) is 1. The average Bonchev–Trinajstić information content (AvgIpc) is 2.82. The van der Waals surface area contributed by atoms with E-state index in [4.69, 9.17) is 11.6 Å². The summed E-state index contributed by atoms with van der Waals surface area (Å²) < 4.78 is 2.06. The molecule has 1 amide bonds. The van der Waals surface area contributed by atoms with E-state index in [9.17, 15) is 4.79 Å². The van der Waals surface area contributed by atoms with Gasteiger partial charge < -0.3 is 9.88 Å². The lowest BCUT2D eigenvalue weighted by Crippen LogP contribution is -2.28. The summed E-state index contributed by atoms with van der Waals surface area (Å²) in [5.74, 6) is 1.70. The number of nitrogens with zero attached hydrogens (tertiary/aromatic N) is 2. The molecule has 0 radical (unpaired) electrons. The summed E-state index contributed by atoms with van der Waals surface area (Å²) in [6.07, 6.45) is 0.441. The highest BCUT2D eigenvalue weighted by Crippen LogP contribution is 2.21. The van der Waals surface area contributed by atoms with Crippen LogP contribution in [0.2, 0.25) is 0 Å². The van der Waals surface area contributed by atoms with Gasteiger partial charge >= 0.3 is 0 Å². The van der Waals surface area contributed by atoms with Crippen LogP contribution in [-0.2, 0) is 17.2 Å². The average molecular weight is 308 g/mol. The van der Waals surface area contributed by atoms with Crippen LogP contribution < -0.4 is 5.32 Å². The van der Waals surface area contributed by atoms with Crippen LogP contribution in [0.3, 0.4) is 0 Å². The van der Waals surface area contributed by atoms with E-state index in [1.807, 2.05) is 12.1 Å². The number of carbonyl (C=O) groups is 1. The van der Waals surface area contributed by atoms with Gasteiger partial charge in [0.2, 0.25) is 5.91 Å². The van der Waals surface area contributed by atoms with E-state index in [1.165, 1.54) is 0 Å². The van der Waals surface area contributed by atoms with Gasteiger partial charge in [0, 0.05) is 19.5 Å². The molecule has 0 atom stereocenters. The molecule has 0 aliphatic carbocycles. The normalized spacial score (nSPS) is 11.3. The van der Waals surface area contributed by atoms with Crippen molar-refractivity contribution in [2.45, 2.75) is 39.6 Å². The molecule has 0 spiro atoms. The Labute approximate surface area is 130 Å². The topological polar surface area (TPSA) is 46.9 Å². The second-order valence-electron chi connectivity index (χ2n) is 5.70. The van der Waals surface area contributed by atoms with Crippen molar-refractivity contribution in [2.75, 3.05) is 6.54 Å². The summed E-state index contributed by atoms with van der Waals surface area (Å²) in [5.41, 5.74) is 3.16. The smallest absolute Gasteiger partial charge is 0.221 e. The van der Waals surface area contributed by atoms with Crippen LogP contribution in [0.15, 0.2) is 18.2 Å². The van der Waals surface area contributed by atoms with Crippen molar-refractivity contribution in [3.63, 3.8) is 0 Å². The first-order chi connectivity index (χ1) is 10.0. The predicted octanol–water partition coefficient (Wildman–Crippen LogP) is 3.25. The summed E-state index contributed by atoms with van der Waals surface area (Å²) in [7, 11) is 0. The van der Waals surface area contributed by atoms with Crippen LogP contribution in [0.1, 0.15) is 31.7 Å². The van der Waals surface area contributed by atoms with Gasteiger partial charge in [0.05, 0.1) is 16.9 Å². The molecule has 4 nitrogen and oxygen atoms in total. The van der Waals surface area contributed by atoms with Crippen molar-refractivity contribution < 1.29 is 4.79 Å². The number of fused-ring (bicyclic) bond motifs is 1. The quantitative estimate of drug-likeness (QED) is 0.833. The van der Waals surface area contributed by atoms with Gasteiger partial charge in [-0.2, -0.15) is 0 Å². The lowest BCUT2D eigenvalue weighted by molar-refractivity contribution is -0.121. The molecule has 1 aromatic heterocycles. The molecule has 2 rings (SSSR count). The maximum absolute atomic E-state index is 11.9. The van der Waals surface area contributed by atoms with Gasteiger partial charge in [-0.3, -0.25) is 4.79 Å². The monoisotopic (exact) mass is 307 g/mol. The second-order valence-corrected chi connectivity index (χ2v) is 5.97. The van der Waals surface area contributed by atoms with Crippen LogP contribution in [-0.4, -0.2) is 22.0 Å². The highest BCUT2D eigenvalue weighted by molar-refractivity contribution is 6.16. The summed E-state index contributed by atoms with van der Waals surface area (Å²) in [6.45, 7) is 7.53. The van der Waals surface area contributed by atoms with E-state index >= 15 is 0 Å². The van der Waals surface area contributed by atoms with Crippen molar-refractivity contribution in [1.29, 1.82) is 0 Å². The van der Waals surface area contributed by atoms with E-state index in [-0.39, 0.29) is 5.91 Å². The molecule has 0 aliphatic rings. The molecule has 0 fully saturated rings. The number of hydrogen-bond acceptors (Lipinski definition) is 2. The van der Waals surface area contributed by atoms with Gasteiger partial charge in [0.25, 0.3) is 0 Å². The number of rotatable bonds is 6. The number of alkyl halides is 1. The predicted molar refractivity (Wildman–Crippen MR) is 86.5 cm³/mol. The van der Waals surface area contributed by atoms with E-state index in [0.29, 0.717) is 31.3 Å². The number of hydrogen-bond donors (Lipinski definition) is 1. The van der Waals surface area contributed by atoms with Crippen LogP contribution in [0, 0.1) is 12.8 Å². The van der Waals surface area contributed by atoms with Crippen molar-refractivity contribution >= 4 is 28.5 Å². The Kier molecular flexibility index (Phi) is 5.23. The van der Waals surface area contributed by atoms with Crippen LogP contribution in [0.25, 0.3) is 11.0 Å². The molecule has 1 heterocycles. The molecule has 21 heavy (non-hydrogen) atoms. The fraction of sp³-hybridized carbons (Fsp3) is 0.500. The number of halogens is 1. The molecule has 0 saturated carbocycles. The largest absolute Gasteiger partial charge is 0.356 e. The molecule has 0 saturated heterocycles. The van der Waals surface area contributed by atoms with Gasteiger partial charge in [-0.1, -0.05) is 26.0 Å². The van der Waals surface area contributed by atoms with Crippen LogP contribution in [0.4, 0.5) is 0 Å². The zero-order valence-corrected chi connectivity index (χ0v) is 13.6. The SMILES string of the molecule is Cc1cccc2nc(CCl)n(CCC(=O)NCC(C)C)c12. The zero-order valence-electron chi connectivity index (χ0n) is 12.8. The summed E-state index contributed by atoms with van der Waals surface area (Å²) in [4.78, 5) is 16.4. The van der Waals surface area contributed by atoms with Gasteiger partial charge in [-0.25, -0.2) is 4.98 Å². The van der Waals surface area contributed by atoms with Gasteiger partial charge in [-0.15, -0.1) is 11.6 Å². The Morgan fingerprint density at radius 3 is 2.86 bits per heavy atom. The molecule has 1 N–H and O–H groups in total. The minimum absolute atomic E-state index is 0.0691. The van der Waals surface area contributed by atoms with Crippen molar-refractivity contribution in [2.24, 2.45) is 5.92 Å². The van der Waals surface area contributed by atoms with Crippen molar-refractivity contribution in [3.8, 4) is 0 Å². The van der Waals surface area contributed by atoms with E-state index < -0.39 is 0 Å². The summed E-state index contributed by atoms with van der Waals surface area (Å²) >= 11 is 5.99. The Morgan fingerprint density at radius 1 is 1.43 bits per heavy atom. The number of amides is 1. The first-order valence-corrected chi connectivity index (χ1v) is 7.83. The fourth-order valence-electron chi connectivity index (χ4n) is 2.38. The van der Waals surface area contributed by atoms with Crippen molar-refractivity contribution in [3.05, 3.63) is 29.6 Å². The molecule has 0 aliphatic heterocycles. The van der Waals surface area contributed by atoms with Crippen LogP contribution >= 0.6 is 11.6 Å². The van der Waals surface area contributed by atoms with Crippen LogP contribution in [0.5, 0.6) is 0 Å². The standard InChI is InChI=1S/C16H22ClN3O/c1-11(2)10-18-15(21)7-8-20-14(9-17)19-13-6-4-5-12(3)16(13)20/h4-6,11H,7-10H2,1-3H3,(H,18,21). The van der Waals surface area contributed by atoms with E-state index in [1.54, 1.807) is 0 Å². The highest BCUT2D eigenvalue weighted by Gasteiger charge is 2.13. The first-order valence-electron chi connectivity index (χ1n) is 7.30. The Morgan fingerprint density at radius 2 is 2.19 bits per heavy atom. The van der Waals surface area contributed by atoms with Gasteiger partial charge in [0.15, 0.2) is 0 Å².